The van der Waals surface area contributed by atoms with Crippen molar-refractivity contribution in [1.29, 1.82) is 0 Å². The van der Waals surface area contributed by atoms with Crippen LogP contribution in [0.5, 0.6) is 0 Å². The minimum Gasteiger partial charge on any atom is -0.392 e. The second-order valence-electron chi connectivity index (χ2n) is 6.40. The first-order chi connectivity index (χ1) is 13.2. The topological polar surface area (TPSA) is 189 Å². The average Bonchev–Trinajstić information content (AvgIpc) is 3.17. The van der Waals surface area contributed by atoms with E-state index in [1.807, 2.05) is 0 Å². The SMILES string of the molecule is C/C(=C/CN=C1NC=N[C@@H]2[C@H]1N=CN2[C@H]1O[C@H](OP(=O)(O)O)[C@H](O)[C@@H]1O)CO. The number of phosphoric ester groups is 1. The van der Waals surface area contributed by atoms with Crippen LogP contribution in [-0.2, 0) is 13.8 Å². The molecule has 28 heavy (non-hydrogen) atoms. The van der Waals surface area contributed by atoms with Gasteiger partial charge in [0.1, 0.15) is 24.1 Å². The summed E-state index contributed by atoms with van der Waals surface area (Å²) in [5.74, 6) is 0.511. The van der Waals surface area contributed by atoms with E-state index in [4.69, 9.17) is 19.6 Å². The molecule has 14 heteroatoms. The molecule has 0 aromatic carbocycles. The number of hydrogen-bond acceptors (Lipinski definition) is 10. The summed E-state index contributed by atoms with van der Waals surface area (Å²) in [4.78, 5) is 32.2. The molecule has 0 bridgehead atoms. The maximum Gasteiger partial charge on any atom is 0.472 e. The van der Waals surface area contributed by atoms with Gasteiger partial charge in [-0.25, -0.2) is 9.56 Å². The van der Waals surface area contributed by atoms with Crippen LogP contribution in [0.15, 0.2) is 26.6 Å². The predicted molar refractivity (Wildman–Crippen MR) is 96.5 cm³/mol. The molecule has 0 aliphatic carbocycles. The average molecular weight is 419 g/mol. The monoisotopic (exact) mass is 419 g/mol. The molecule has 0 saturated carbocycles. The van der Waals surface area contributed by atoms with E-state index in [2.05, 4.69) is 24.8 Å². The molecular weight excluding hydrogens is 397 g/mol. The standard InChI is InChI=1S/C14H22N5O8P/c1-7(4-20)2-3-15-11-8-12(17-5-16-11)19(6-18-8)13-9(21)10(22)14(26-13)27-28(23,24)25/h2,5-6,8-10,12-14,20-22H,3-4H2,1H3,(H,15,16,17)(H2,23,24,25)/b7-2-/t8-,9-,10+,12-,13-,14+/m0/s1. The van der Waals surface area contributed by atoms with Crippen LogP contribution in [0.1, 0.15) is 6.92 Å². The molecule has 0 unspecified atom stereocenters. The Morgan fingerprint density at radius 3 is 2.86 bits per heavy atom. The lowest BCUT2D eigenvalue weighted by Gasteiger charge is -2.32. The quantitative estimate of drug-likeness (QED) is 0.198. The molecule has 0 radical (unpaired) electrons. The van der Waals surface area contributed by atoms with Crippen LogP contribution in [0.25, 0.3) is 0 Å². The lowest BCUT2D eigenvalue weighted by molar-refractivity contribution is -0.143. The van der Waals surface area contributed by atoms with Crippen molar-refractivity contribution in [3.63, 3.8) is 0 Å². The van der Waals surface area contributed by atoms with Crippen molar-refractivity contribution < 1.29 is 38.9 Å². The Morgan fingerprint density at radius 2 is 2.18 bits per heavy atom. The lowest BCUT2D eigenvalue weighted by atomic mass is 10.1. The highest BCUT2D eigenvalue weighted by Gasteiger charge is 2.52. The first-order valence-corrected chi connectivity index (χ1v) is 9.89. The number of rotatable bonds is 6. The molecule has 3 heterocycles. The fraction of sp³-hybridized carbons (Fsp3) is 0.643. The van der Waals surface area contributed by atoms with E-state index in [9.17, 15) is 14.8 Å². The van der Waals surface area contributed by atoms with Gasteiger partial charge in [0, 0.05) is 0 Å². The first-order valence-electron chi connectivity index (χ1n) is 8.36. The number of hydrogen-bond donors (Lipinski definition) is 6. The number of phosphoric acid groups is 1. The summed E-state index contributed by atoms with van der Waals surface area (Å²) in [5, 5.41) is 32.1. The van der Waals surface area contributed by atoms with Crippen molar-refractivity contribution >= 4 is 26.3 Å². The maximum absolute atomic E-state index is 11.0. The van der Waals surface area contributed by atoms with Gasteiger partial charge in [0.25, 0.3) is 0 Å². The summed E-state index contributed by atoms with van der Waals surface area (Å²) in [5.41, 5.74) is 0.773. The number of amidine groups is 1. The summed E-state index contributed by atoms with van der Waals surface area (Å²) >= 11 is 0. The molecule has 0 amide bonds. The van der Waals surface area contributed by atoms with Gasteiger partial charge in [-0.05, 0) is 6.92 Å². The largest absolute Gasteiger partial charge is 0.472 e. The Hall–Kier alpha value is -1.70. The Kier molecular flexibility index (Phi) is 6.27. The zero-order valence-corrected chi connectivity index (χ0v) is 15.7. The smallest absolute Gasteiger partial charge is 0.392 e. The fourth-order valence-corrected chi connectivity index (χ4v) is 3.35. The van der Waals surface area contributed by atoms with Crippen LogP contribution in [0.3, 0.4) is 0 Å². The summed E-state index contributed by atoms with van der Waals surface area (Å²) in [6.07, 6.45) is -2.18. The van der Waals surface area contributed by atoms with Crippen LogP contribution < -0.4 is 5.32 Å². The second-order valence-corrected chi connectivity index (χ2v) is 7.59. The highest BCUT2D eigenvalue weighted by molar-refractivity contribution is 7.46. The van der Waals surface area contributed by atoms with Gasteiger partial charge < -0.3 is 40.1 Å². The highest BCUT2D eigenvalue weighted by atomic mass is 31.2. The molecule has 3 aliphatic heterocycles. The Labute approximate surface area is 160 Å². The molecule has 1 fully saturated rings. The van der Waals surface area contributed by atoms with Crippen LogP contribution in [0.4, 0.5) is 0 Å². The summed E-state index contributed by atoms with van der Waals surface area (Å²) in [7, 11) is -4.93. The number of nitrogens with zero attached hydrogens (tertiary/aromatic N) is 4. The Morgan fingerprint density at radius 1 is 1.43 bits per heavy atom. The second kappa shape index (κ2) is 8.35. The molecule has 156 valence electrons. The van der Waals surface area contributed by atoms with Crippen molar-refractivity contribution in [3.05, 3.63) is 11.6 Å². The molecule has 3 rings (SSSR count). The van der Waals surface area contributed by atoms with E-state index >= 15 is 0 Å². The minimum absolute atomic E-state index is 0.0607. The van der Waals surface area contributed by atoms with Gasteiger partial charge in [-0.15, -0.1) is 0 Å². The van der Waals surface area contributed by atoms with Gasteiger partial charge >= 0.3 is 7.82 Å². The predicted octanol–water partition coefficient (Wildman–Crippen LogP) is -2.49. The van der Waals surface area contributed by atoms with Crippen LogP contribution in [-0.4, -0.2) is 98.6 Å². The number of fused-ring (bicyclic) bond motifs is 1. The third kappa shape index (κ3) is 4.47. The van der Waals surface area contributed by atoms with Gasteiger partial charge in [-0.1, -0.05) is 11.6 Å². The summed E-state index contributed by atoms with van der Waals surface area (Å²) in [6.45, 7) is 2.03. The zero-order valence-electron chi connectivity index (χ0n) is 14.8. The van der Waals surface area contributed by atoms with E-state index in [1.54, 1.807) is 13.0 Å². The van der Waals surface area contributed by atoms with Gasteiger partial charge in [-0.3, -0.25) is 14.5 Å². The van der Waals surface area contributed by atoms with E-state index in [0.717, 1.165) is 5.57 Å². The number of aliphatic hydroxyl groups excluding tert-OH is 3. The summed E-state index contributed by atoms with van der Waals surface area (Å²) in [6, 6.07) is -0.525. The number of aliphatic hydroxyl groups is 3. The maximum atomic E-state index is 11.0. The highest BCUT2D eigenvalue weighted by Crippen LogP contribution is 2.42. The van der Waals surface area contributed by atoms with Crippen molar-refractivity contribution in [2.24, 2.45) is 15.0 Å². The molecule has 6 atom stereocenters. The molecule has 1 saturated heterocycles. The van der Waals surface area contributed by atoms with Gasteiger partial charge in [0.2, 0.25) is 0 Å². The molecule has 0 spiro atoms. The molecule has 0 aromatic heterocycles. The van der Waals surface area contributed by atoms with Crippen molar-refractivity contribution in [3.8, 4) is 0 Å². The molecule has 6 N–H and O–H groups in total. The van der Waals surface area contributed by atoms with E-state index in [0.29, 0.717) is 12.4 Å². The lowest BCUT2D eigenvalue weighted by Crippen LogP contribution is -2.53. The number of ether oxygens (including phenoxy) is 1. The van der Waals surface area contributed by atoms with Crippen molar-refractivity contribution in [1.82, 2.24) is 10.2 Å². The minimum atomic E-state index is -4.93. The third-order valence-electron chi connectivity index (χ3n) is 4.35. The normalized spacial score (nSPS) is 36.9. The van der Waals surface area contributed by atoms with E-state index in [1.165, 1.54) is 17.6 Å². The first kappa shape index (κ1) is 21.0. The molecule has 0 aromatic rings. The molecular formula is C14H22N5O8P. The molecule has 13 nitrogen and oxygen atoms in total. The van der Waals surface area contributed by atoms with Gasteiger partial charge in [0.05, 0.1) is 25.8 Å². The van der Waals surface area contributed by atoms with Crippen LogP contribution >= 0.6 is 7.82 Å². The zero-order chi connectivity index (χ0) is 20.5. The van der Waals surface area contributed by atoms with Gasteiger partial charge in [-0.2, -0.15) is 0 Å². The van der Waals surface area contributed by atoms with Gasteiger partial charge in [0.15, 0.2) is 18.7 Å². The molecule has 3 aliphatic rings. The Bertz CT molecular complexity index is 752. The van der Waals surface area contributed by atoms with Crippen molar-refractivity contribution in [2.75, 3.05) is 13.2 Å². The number of aliphatic imine (C=N–C) groups is 3. The third-order valence-corrected chi connectivity index (χ3v) is 4.83. The fourth-order valence-electron chi connectivity index (χ4n) is 2.91. The van der Waals surface area contributed by atoms with E-state index in [-0.39, 0.29) is 6.61 Å². The van der Waals surface area contributed by atoms with Crippen LogP contribution in [0, 0.1) is 0 Å². The Balaban J connectivity index is 1.72. The summed E-state index contributed by atoms with van der Waals surface area (Å²) < 4.78 is 20.7. The van der Waals surface area contributed by atoms with Crippen molar-refractivity contribution in [2.45, 2.75) is 43.9 Å². The van der Waals surface area contributed by atoms with Crippen LogP contribution in [0.2, 0.25) is 0 Å². The van der Waals surface area contributed by atoms with E-state index < -0.39 is 44.8 Å². The number of nitrogens with one attached hydrogen (secondary N) is 1.